The van der Waals surface area contributed by atoms with Gasteiger partial charge < -0.3 is 11.1 Å². The van der Waals surface area contributed by atoms with Crippen LogP contribution in [0.25, 0.3) is 0 Å². The molecule has 0 aliphatic carbocycles. The Hall–Kier alpha value is -1.66. The van der Waals surface area contributed by atoms with Gasteiger partial charge in [0.15, 0.2) is 0 Å². The minimum atomic E-state index is -0.565. The number of hydrogen-bond donors (Lipinski definition) is 2. The third kappa shape index (κ3) is 4.47. The number of nitrogens with zero attached hydrogens (tertiary/aromatic N) is 1. The van der Waals surface area contributed by atoms with Crippen molar-refractivity contribution in [3.8, 4) is 0 Å². The first-order valence-electron chi connectivity index (χ1n) is 6.24. The molecule has 0 saturated heterocycles. The standard InChI is InChI=1S/C13H19N3O3.ClH/c1-3-13(14,4-2)9-15-12(17)10-7-5-6-8-11(10)16(18)19;/h5-8H,3-4,9,14H2,1-2H3,(H,15,17);1H. The van der Waals surface area contributed by atoms with Gasteiger partial charge in [-0.3, -0.25) is 14.9 Å². The molecule has 0 saturated carbocycles. The summed E-state index contributed by atoms with van der Waals surface area (Å²) in [6.07, 6.45) is 1.45. The van der Waals surface area contributed by atoms with Crippen LogP contribution in [0.3, 0.4) is 0 Å². The van der Waals surface area contributed by atoms with Crippen molar-refractivity contribution >= 4 is 24.0 Å². The molecule has 20 heavy (non-hydrogen) atoms. The van der Waals surface area contributed by atoms with Crippen LogP contribution in [0.5, 0.6) is 0 Å². The van der Waals surface area contributed by atoms with Crippen LogP contribution in [0.2, 0.25) is 0 Å². The van der Waals surface area contributed by atoms with Crippen molar-refractivity contribution in [3.05, 3.63) is 39.9 Å². The van der Waals surface area contributed by atoms with Crippen molar-refractivity contribution in [2.45, 2.75) is 32.2 Å². The molecule has 0 aromatic heterocycles. The number of nitrogens with one attached hydrogen (secondary N) is 1. The second kappa shape index (κ2) is 7.81. The molecule has 1 amide bonds. The van der Waals surface area contributed by atoms with Gasteiger partial charge in [0.05, 0.1) is 4.92 Å². The van der Waals surface area contributed by atoms with E-state index in [0.717, 1.165) is 12.8 Å². The van der Waals surface area contributed by atoms with Crippen molar-refractivity contribution in [2.75, 3.05) is 6.54 Å². The van der Waals surface area contributed by atoms with E-state index in [1.165, 1.54) is 18.2 Å². The predicted molar refractivity (Wildman–Crippen MR) is 80.2 cm³/mol. The largest absolute Gasteiger partial charge is 0.350 e. The number of carbonyl (C=O) groups excluding carboxylic acids is 1. The maximum atomic E-state index is 12.0. The molecule has 3 N–H and O–H groups in total. The normalized spacial score (nSPS) is 10.6. The second-order valence-electron chi connectivity index (χ2n) is 4.53. The zero-order chi connectivity index (χ0) is 14.5. The van der Waals surface area contributed by atoms with Crippen molar-refractivity contribution in [1.29, 1.82) is 0 Å². The quantitative estimate of drug-likeness (QED) is 0.622. The number of nitro groups is 1. The van der Waals surface area contributed by atoms with Crippen LogP contribution in [-0.4, -0.2) is 22.9 Å². The first-order chi connectivity index (χ1) is 8.93. The van der Waals surface area contributed by atoms with Gasteiger partial charge in [-0.1, -0.05) is 26.0 Å². The van der Waals surface area contributed by atoms with Gasteiger partial charge in [0.25, 0.3) is 11.6 Å². The number of benzene rings is 1. The molecule has 0 bridgehead atoms. The summed E-state index contributed by atoms with van der Waals surface area (Å²) in [7, 11) is 0. The predicted octanol–water partition coefficient (Wildman–Crippen LogP) is 2.26. The van der Waals surface area contributed by atoms with Gasteiger partial charge in [-0.05, 0) is 18.9 Å². The number of halogens is 1. The summed E-state index contributed by atoms with van der Waals surface area (Å²) in [5.41, 5.74) is 5.46. The number of amides is 1. The van der Waals surface area contributed by atoms with Crippen LogP contribution in [0, 0.1) is 10.1 Å². The molecule has 1 aromatic rings. The van der Waals surface area contributed by atoms with Gasteiger partial charge >= 0.3 is 0 Å². The molecule has 0 aliphatic rings. The molecular formula is C13H20ClN3O3. The highest BCUT2D eigenvalue weighted by atomic mass is 35.5. The molecule has 0 aliphatic heterocycles. The Bertz CT molecular complexity index is 476. The number of rotatable bonds is 6. The van der Waals surface area contributed by atoms with E-state index in [9.17, 15) is 14.9 Å². The lowest BCUT2D eigenvalue weighted by Crippen LogP contribution is -2.49. The highest BCUT2D eigenvalue weighted by molar-refractivity contribution is 5.98. The molecule has 112 valence electrons. The Balaban J connectivity index is 0.00000361. The summed E-state index contributed by atoms with van der Waals surface area (Å²) in [5.74, 6) is -0.468. The SMILES string of the molecule is CCC(N)(CC)CNC(=O)c1ccccc1[N+](=O)[O-].Cl. The molecule has 0 atom stereocenters. The lowest BCUT2D eigenvalue weighted by molar-refractivity contribution is -0.385. The number of nitro benzene ring substituents is 1. The monoisotopic (exact) mass is 301 g/mol. The van der Waals surface area contributed by atoms with Crippen LogP contribution in [0.4, 0.5) is 5.69 Å². The third-order valence-electron chi connectivity index (χ3n) is 3.35. The second-order valence-corrected chi connectivity index (χ2v) is 4.53. The van der Waals surface area contributed by atoms with E-state index < -0.39 is 16.4 Å². The molecule has 0 heterocycles. The summed E-state index contributed by atoms with van der Waals surface area (Å²) in [5, 5.41) is 13.5. The zero-order valence-electron chi connectivity index (χ0n) is 11.6. The summed E-state index contributed by atoms with van der Waals surface area (Å²) in [6.45, 7) is 4.19. The van der Waals surface area contributed by atoms with E-state index in [2.05, 4.69) is 5.32 Å². The van der Waals surface area contributed by atoms with Crippen molar-refractivity contribution in [1.82, 2.24) is 5.32 Å². The van der Waals surface area contributed by atoms with Gasteiger partial charge in [-0.15, -0.1) is 12.4 Å². The molecule has 0 fully saturated rings. The minimum Gasteiger partial charge on any atom is -0.350 e. The summed E-state index contributed by atoms with van der Waals surface area (Å²) >= 11 is 0. The smallest absolute Gasteiger partial charge is 0.282 e. The first kappa shape index (κ1) is 18.3. The molecular weight excluding hydrogens is 282 g/mol. The van der Waals surface area contributed by atoms with E-state index in [4.69, 9.17) is 5.73 Å². The molecule has 0 radical (unpaired) electrons. The first-order valence-corrected chi connectivity index (χ1v) is 6.24. The Morgan fingerprint density at radius 3 is 2.40 bits per heavy atom. The maximum Gasteiger partial charge on any atom is 0.282 e. The maximum absolute atomic E-state index is 12.0. The number of hydrogen-bond acceptors (Lipinski definition) is 4. The van der Waals surface area contributed by atoms with E-state index in [1.54, 1.807) is 6.07 Å². The van der Waals surface area contributed by atoms with Crippen molar-refractivity contribution in [2.24, 2.45) is 5.73 Å². The van der Waals surface area contributed by atoms with E-state index in [0.29, 0.717) is 6.54 Å². The van der Waals surface area contributed by atoms with Crippen LogP contribution < -0.4 is 11.1 Å². The van der Waals surface area contributed by atoms with Gasteiger partial charge in [0.2, 0.25) is 0 Å². The third-order valence-corrected chi connectivity index (χ3v) is 3.35. The zero-order valence-corrected chi connectivity index (χ0v) is 12.4. The lowest BCUT2D eigenvalue weighted by atomic mass is 9.94. The Kier molecular flexibility index (Phi) is 7.17. The van der Waals surface area contributed by atoms with E-state index in [-0.39, 0.29) is 23.7 Å². The van der Waals surface area contributed by atoms with Crippen molar-refractivity contribution in [3.63, 3.8) is 0 Å². The molecule has 0 unspecified atom stereocenters. The van der Waals surface area contributed by atoms with E-state index in [1.807, 2.05) is 13.8 Å². The highest BCUT2D eigenvalue weighted by Gasteiger charge is 2.24. The number of carbonyl (C=O) groups is 1. The Labute approximate surface area is 124 Å². The average Bonchev–Trinajstić information content (AvgIpc) is 2.44. The van der Waals surface area contributed by atoms with Crippen molar-refractivity contribution < 1.29 is 9.72 Å². The van der Waals surface area contributed by atoms with Crippen LogP contribution >= 0.6 is 12.4 Å². The lowest BCUT2D eigenvalue weighted by Gasteiger charge is -2.26. The average molecular weight is 302 g/mol. The topological polar surface area (TPSA) is 98.3 Å². The summed E-state index contributed by atoms with van der Waals surface area (Å²) in [4.78, 5) is 22.3. The fourth-order valence-electron chi connectivity index (χ4n) is 1.68. The van der Waals surface area contributed by atoms with Crippen LogP contribution in [0.1, 0.15) is 37.0 Å². The Morgan fingerprint density at radius 1 is 1.35 bits per heavy atom. The Morgan fingerprint density at radius 2 is 1.90 bits per heavy atom. The summed E-state index contributed by atoms with van der Waals surface area (Å²) in [6, 6.07) is 5.87. The fourth-order valence-corrected chi connectivity index (χ4v) is 1.68. The van der Waals surface area contributed by atoms with E-state index >= 15 is 0 Å². The number of nitrogens with two attached hydrogens (primary N) is 1. The summed E-state index contributed by atoms with van der Waals surface area (Å²) < 4.78 is 0. The van der Waals surface area contributed by atoms with Gasteiger partial charge in [-0.25, -0.2) is 0 Å². The van der Waals surface area contributed by atoms with Crippen LogP contribution in [0.15, 0.2) is 24.3 Å². The van der Waals surface area contributed by atoms with Gasteiger partial charge in [0, 0.05) is 18.2 Å². The molecule has 7 heteroatoms. The molecule has 1 aromatic carbocycles. The van der Waals surface area contributed by atoms with Gasteiger partial charge in [0.1, 0.15) is 5.56 Å². The molecule has 1 rings (SSSR count). The number of para-hydroxylation sites is 1. The van der Waals surface area contributed by atoms with Gasteiger partial charge in [-0.2, -0.15) is 0 Å². The molecule has 6 nitrogen and oxygen atoms in total. The fraction of sp³-hybridized carbons (Fsp3) is 0.462. The minimum absolute atomic E-state index is 0. The van der Waals surface area contributed by atoms with Crippen LogP contribution in [-0.2, 0) is 0 Å². The highest BCUT2D eigenvalue weighted by Crippen LogP contribution is 2.18. The molecule has 0 spiro atoms.